The van der Waals surface area contributed by atoms with Crippen molar-refractivity contribution in [1.82, 2.24) is 5.32 Å². The minimum absolute atomic E-state index is 0.0506. The number of fused-ring (bicyclic) bond motifs is 3. The number of thiophene rings is 1. The summed E-state index contributed by atoms with van der Waals surface area (Å²) >= 11 is 1.76. The first kappa shape index (κ1) is 15.5. The summed E-state index contributed by atoms with van der Waals surface area (Å²) in [7, 11) is 0. The van der Waals surface area contributed by atoms with Crippen molar-refractivity contribution in [3.63, 3.8) is 0 Å². The molecular formula is C19H22N2O2S. The van der Waals surface area contributed by atoms with E-state index in [1.165, 1.54) is 16.9 Å². The summed E-state index contributed by atoms with van der Waals surface area (Å²) < 4.78 is 5.48. The fourth-order valence-electron chi connectivity index (χ4n) is 3.55. The van der Waals surface area contributed by atoms with E-state index < -0.39 is 0 Å². The number of nitrogens with one attached hydrogen (secondary N) is 2. The largest absolute Gasteiger partial charge is 0.494 e. The average molecular weight is 342 g/mol. The summed E-state index contributed by atoms with van der Waals surface area (Å²) in [6.45, 7) is 4.91. The minimum atomic E-state index is -0.182. The molecule has 2 heterocycles. The topological polar surface area (TPSA) is 50.4 Å². The Morgan fingerprint density at radius 3 is 2.79 bits per heavy atom. The summed E-state index contributed by atoms with van der Waals surface area (Å²) in [6, 6.07) is 7.90. The standard InChI is InChI=1S/C19H22N2O2S/c1-3-23-13-7-5-12(6-8-13)17-20-18(22)16-14-9-4-11(2)10-15(14)24-19(16)21-17/h5-8,11,17,21H,3-4,9-10H2,1-2H3,(H,20,22)/t11-,17+/m0/s1. The lowest BCUT2D eigenvalue weighted by Gasteiger charge is -2.27. The van der Waals surface area contributed by atoms with Gasteiger partial charge in [0.25, 0.3) is 5.91 Å². The van der Waals surface area contributed by atoms with Crippen LogP contribution >= 0.6 is 11.3 Å². The van der Waals surface area contributed by atoms with E-state index in [2.05, 4.69) is 17.6 Å². The Balaban J connectivity index is 1.61. The lowest BCUT2D eigenvalue weighted by atomic mass is 9.88. The van der Waals surface area contributed by atoms with Gasteiger partial charge < -0.3 is 15.4 Å². The van der Waals surface area contributed by atoms with Crippen LogP contribution in [0.2, 0.25) is 0 Å². The second-order valence-corrected chi connectivity index (χ2v) is 7.71. The minimum Gasteiger partial charge on any atom is -0.494 e. The predicted molar refractivity (Wildman–Crippen MR) is 96.9 cm³/mol. The van der Waals surface area contributed by atoms with E-state index in [9.17, 15) is 4.79 Å². The third-order valence-electron chi connectivity index (χ3n) is 4.81. The van der Waals surface area contributed by atoms with Crippen molar-refractivity contribution < 1.29 is 9.53 Å². The van der Waals surface area contributed by atoms with Gasteiger partial charge in [-0.2, -0.15) is 0 Å². The molecule has 0 saturated heterocycles. The number of amides is 1. The van der Waals surface area contributed by atoms with Crippen LogP contribution in [0.25, 0.3) is 0 Å². The van der Waals surface area contributed by atoms with Gasteiger partial charge in [-0.05, 0) is 55.4 Å². The molecule has 2 aromatic rings. The molecule has 0 bridgehead atoms. The monoisotopic (exact) mass is 342 g/mol. The van der Waals surface area contributed by atoms with Crippen molar-refractivity contribution in [2.75, 3.05) is 11.9 Å². The van der Waals surface area contributed by atoms with Crippen LogP contribution in [0.4, 0.5) is 5.00 Å². The Morgan fingerprint density at radius 2 is 2.04 bits per heavy atom. The van der Waals surface area contributed by atoms with Crippen molar-refractivity contribution in [2.45, 2.75) is 39.3 Å². The van der Waals surface area contributed by atoms with Gasteiger partial charge in [-0.3, -0.25) is 4.79 Å². The smallest absolute Gasteiger partial charge is 0.256 e. The van der Waals surface area contributed by atoms with Crippen molar-refractivity contribution in [1.29, 1.82) is 0 Å². The molecule has 1 aliphatic heterocycles. The number of hydrogen-bond acceptors (Lipinski definition) is 4. The predicted octanol–water partition coefficient (Wildman–Crippen LogP) is 4.13. The first-order chi connectivity index (χ1) is 11.7. The zero-order valence-electron chi connectivity index (χ0n) is 14.0. The highest BCUT2D eigenvalue weighted by Crippen LogP contribution is 2.42. The van der Waals surface area contributed by atoms with E-state index in [1.54, 1.807) is 11.3 Å². The van der Waals surface area contributed by atoms with Crippen molar-refractivity contribution in [3.8, 4) is 5.75 Å². The van der Waals surface area contributed by atoms with Crippen LogP contribution in [0, 0.1) is 5.92 Å². The number of ether oxygens (including phenoxy) is 1. The second kappa shape index (κ2) is 6.13. The van der Waals surface area contributed by atoms with Crippen molar-refractivity contribution in [2.24, 2.45) is 5.92 Å². The van der Waals surface area contributed by atoms with Crippen LogP contribution in [0.1, 0.15) is 52.8 Å². The summed E-state index contributed by atoms with van der Waals surface area (Å²) in [5, 5.41) is 7.64. The third kappa shape index (κ3) is 2.67. The molecule has 0 unspecified atom stereocenters. The van der Waals surface area contributed by atoms with Gasteiger partial charge in [0.05, 0.1) is 12.2 Å². The molecule has 1 aromatic heterocycles. The van der Waals surface area contributed by atoms with Gasteiger partial charge in [-0.25, -0.2) is 0 Å². The highest BCUT2D eigenvalue weighted by molar-refractivity contribution is 7.16. The molecular weight excluding hydrogens is 320 g/mol. The highest BCUT2D eigenvalue weighted by Gasteiger charge is 2.32. The van der Waals surface area contributed by atoms with E-state index >= 15 is 0 Å². The molecule has 1 aliphatic carbocycles. The Bertz CT molecular complexity index is 766. The SMILES string of the molecule is CCOc1ccc([C@@H]2NC(=O)c3c(sc4c3CC[C@H](C)C4)N2)cc1. The molecule has 24 heavy (non-hydrogen) atoms. The van der Waals surface area contributed by atoms with Crippen molar-refractivity contribution in [3.05, 3.63) is 45.8 Å². The van der Waals surface area contributed by atoms with Gasteiger partial charge in [0.2, 0.25) is 0 Å². The highest BCUT2D eigenvalue weighted by atomic mass is 32.1. The lowest BCUT2D eigenvalue weighted by Crippen LogP contribution is -2.38. The maximum Gasteiger partial charge on any atom is 0.256 e. The quantitative estimate of drug-likeness (QED) is 0.882. The number of hydrogen-bond donors (Lipinski definition) is 2. The summed E-state index contributed by atoms with van der Waals surface area (Å²) in [4.78, 5) is 14.1. The molecule has 2 atom stereocenters. The lowest BCUT2D eigenvalue weighted by molar-refractivity contribution is 0.0935. The number of carbonyl (C=O) groups is 1. The van der Waals surface area contributed by atoms with E-state index in [0.29, 0.717) is 12.5 Å². The van der Waals surface area contributed by atoms with Gasteiger partial charge >= 0.3 is 0 Å². The van der Waals surface area contributed by atoms with E-state index in [0.717, 1.165) is 34.7 Å². The number of carbonyl (C=O) groups excluding carboxylic acids is 1. The van der Waals surface area contributed by atoms with Crippen LogP contribution < -0.4 is 15.4 Å². The third-order valence-corrected chi connectivity index (χ3v) is 6.00. The Morgan fingerprint density at radius 1 is 1.25 bits per heavy atom. The first-order valence-electron chi connectivity index (χ1n) is 8.60. The van der Waals surface area contributed by atoms with Crippen molar-refractivity contribution >= 4 is 22.2 Å². The summed E-state index contributed by atoms with van der Waals surface area (Å²) in [6.07, 6.45) is 3.10. The maximum atomic E-state index is 12.7. The molecule has 126 valence electrons. The molecule has 5 heteroatoms. The van der Waals surface area contributed by atoms with Crippen LogP contribution in [0.15, 0.2) is 24.3 Å². The molecule has 4 rings (SSSR count). The van der Waals surface area contributed by atoms with Gasteiger partial charge in [0.15, 0.2) is 0 Å². The molecule has 2 aliphatic rings. The zero-order chi connectivity index (χ0) is 16.7. The zero-order valence-corrected chi connectivity index (χ0v) is 14.8. The fraction of sp³-hybridized carbons (Fsp3) is 0.421. The van der Waals surface area contributed by atoms with Crippen LogP contribution in [0.3, 0.4) is 0 Å². The molecule has 0 fully saturated rings. The molecule has 1 aromatic carbocycles. The van der Waals surface area contributed by atoms with Crippen LogP contribution in [-0.4, -0.2) is 12.5 Å². The molecule has 4 nitrogen and oxygen atoms in total. The molecule has 0 saturated carbocycles. The fourth-order valence-corrected chi connectivity index (χ4v) is 4.99. The normalized spacial score (nSPS) is 22.2. The maximum absolute atomic E-state index is 12.7. The van der Waals surface area contributed by atoms with Gasteiger partial charge in [-0.15, -0.1) is 11.3 Å². The average Bonchev–Trinajstić information content (AvgIpc) is 2.93. The van der Waals surface area contributed by atoms with E-state index in [1.807, 2.05) is 31.2 Å². The second-order valence-electron chi connectivity index (χ2n) is 6.61. The summed E-state index contributed by atoms with van der Waals surface area (Å²) in [5.41, 5.74) is 3.18. The van der Waals surface area contributed by atoms with Crippen LogP contribution in [0.5, 0.6) is 5.75 Å². The van der Waals surface area contributed by atoms with Gasteiger partial charge in [0.1, 0.15) is 16.9 Å². The number of rotatable bonds is 3. The Hall–Kier alpha value is -2.01. The van der Waals surface area contributed by atoms with E-state index in [4.69, 9.17) is 4.74 Å². The first-order valence-corrected chi connectivity index (χ1v) is 9.42. The number of benzene rings is 1. The molecule has 1 amide bonds. The van der Waals surface area contributed by atoms with Gasteiger partial charge in [0, 0.05) is 4.88 Å². The molecule has 2 N–H and O–H groups in total. The van der Waals surface area contributed by atoms with Crippen LogP contribution in [-0.2, 0) is 12.8 Å². The Kier molecular flexibility index (Phi) is 3.96. The molecule has 0 spiro atoms. The van der Waals surface area contributed by atoms with E-state index in [-0.39, 0.29) is 12.1 Å². The summed E-state index contributed by atoms with van der Waals surface area (Å²) in [5.74, 6) is 1.61. The molecule has 0 radical (unpaired) electrons. The number of anilines is 1. The van der Waals surface area contributed by atoms with Gasteiger partial charge in [-0.1, -0.05) is 19.1 Å². The Labute approximate surface area is 146 Å².